The number of nitrogens with one attached hydrogen (secondary N) is 1. The fourth-order valence-electron chi connectivity index (χ4n) is 8.96. The number of allylic oxidation sites excluding steroid dienone is 1. The quantitative estimate of drug-likeness (QED) is 0.330. The monoisotopic (exact) mass is 601 g/mol. The minimum Gasteiger partial charge on any atom is -0.480 e. The third kappa shape index (κ3) is 6.03. The van der Waals surface area contributed by atoms with E-state index >= 15 is 0 Å². The molecular formula is C33H47NO9. The van der Waals surface area contributed by atoms with Crippen molar-refractivity contribution in [2.75, 3.05) is 6.61 Å². The summed E-state index contributed by atoms with van der Waals surface area (Å²) in [5.74, 6) is -2.68. The molecule has 0 aromatic carbocycles. The molecule has 8 atom stereocenters. The van der Waals surface area contributed by atoms with E-state index in [0.717, 1.165) is 32.1 Å². The highest BCUT2D eigenvalue weighted by Crippen LogP contribution is 2.68. The summed E-state index contributed by atoms with van der Waals surface area (Å²) in [5.41, 5.74) is -0.799. The van der Waals surface area contributed by atoms with Gasteiger partial charge in [0.05, 0.1) is 6.42 Å². The van der Waals surface area contributed by atoms with Crippen LogP contribution in [0, 0.1) is 34.5 Å². The maximum Gasteiger partial charge on any atom is 0.326 e. The molecule has 0 unspecified atom stereocenters. The number of Topliss-reactive ketones (excluding diaryl/α,β-unsaturated/α-hetero) is 1. The van der Waals surface area contributed by atoms with Gasteiger partial charge in [0.15, 0.2) is 18.0 Å². The zero-order chi connectivity index (χ0) is 31.7. The van der Waals surface area contributed by atoms with Gasteiger partial charge in [-0.2, -0.15) is 0 Å². The number of rotatable bonds is 11. The van der Waals surface area contributed by atoms with Crippen molar-refractivity contribution in [3.63, 3.8) is 0 Å². The van der Waals surface area contributed by atoms with Crippen LogP contribution >= 0.6 is 0 Å². The van der Waals surface area contributed by atoms with Crippen LogP contribution < -0.4 is 5.32 Å². The Bertz CT molecular complexity index is 1210. The fraction of sp³-hybridized carbons (Fsp3) is 0.758. The van der Waals surface area contributed by atoms with Crippen molar-refractivity contribution in [1.82, 2.24) is 5.32 Å². The van der Waals surface area contributed by atoms with Crippen molar-refractivity contribution >= 4 is 35.4 Å². The Morgan fingerprint density at radius 3 is 2.37 bits per heavy atom. The van der Waals surface area contributed by atoms with Gasteiger partial charge in [-0.1, -0.05) is 39.7 Å². The van der Waals surface area contributed by atoms with Gasteiger partial charge in [-0.15, -0.1) is 0 Å². The Morgan fingerprint density at radius 2 is 1.72 bits per heavy atom. The van der Waals surface area contributed by atoms with Crippen LogP contribution in [0.1, 0.15) is 105 Å². The minimum atomic E-state index is -1.41. The summed E-state index contributed by atoms with van der Waals surface area (Å²) < 4.78 is 11.2. The lowest BCUT2D eigenvalue weighted by atomic mass is 9.46. The molecule has 3 saturated carbocycles. The van der Waals surface area contributed by atoms with E-state index in [4.69, 9.17) is 9.47 Å². The Hall–Kier alpha value is -3.04. The van der Waals surface area contributed by atoms with Crippen molar-refractivity contribution in [1.29, 1.82) is 0 Å². The third-order valence-corrected chi connectivity index (χ3v) is 11.6. The second kappa shape index (κ2) is 12.5. The van der Waals surface area contributed by atoms with Crippen LogP contribution in [-0.4, -0.2) is 58.7 Å². The molecule has 4 aliphatic carbocycles. The molecule has 43 heavy (non-hydrogen) atoms. The van der Waals surface area contributed by atoms with Gasteiger partial charge in [-0.05, 0) is 80.1 Å². The number of hydrogen-bond acceptors (Lipinski definition) is 8. The van der Waals surface area contributed by atoms with Crippen LogP contribution in [0.15, 0.2) is 11.6 Å². The molecular weight excluding hydrogens is 554 g/mol. The number of carboxylic acids is 1. The number of hydrogen-bond donors (Lipinski definition) is 2. The fourth-order valence-corrected chi connectivity index (χ4v) is 8.96. The highest BCUT2D eigenvalue weighted by Gasteiger charge is 2.68. The predicted molar refractivity (Wildman–Crippen MR) is 155 cm³/mol. The molecule has 0 aromatic heterocycles. The lowest BCUT2D eigenvalue weighted by Gasteiger charge is -2.59. The standard InChI is InChI=1S/C33H47NO9/c1-6-19(2)29(30(40)41)34-27(38)9-10-28(39)42-18-26(37)33(43-20(3)35)16-13-25-23-8-7-21-17-22(36)11-14-31(21,4)24(23)12-15-32(25,33)5/h17,19,23-25,29H,6-16,18H2,1-5H3,(H,34,38)(H,40,41)/t19-,23+,24-,25-,29-,31-,32-,33-/m0/s1. The van der Waals surface area contributed by atoms with E-state index in [-0.39, 0.29) is 35.9 Å². The van der Waals surface area contributed by atoms with Gasteiger partial charge < -0.3 is 19.9 Å². The summed E-state index contributed by atoms with van der Waals surface area (Å²) in [5, 5.41) is 11.8. The van der Waals surface area contributed by atoms with Gasteiger partial charge in [-0.3, -0.25) is 24.0 Å². The number of ketones is 2. The molecule has 0 aromatic rings. The molecule has 3 fully saturated rings. The van der Waals surface area contributed by atoms with Crippen LogP contribution in [0.2, 0.25) is 0 Å². The molecule has 2 N–H and O–H groups in total. The first kappa shape index (κ1) is 32.9. The molecule has 1 amide bonds. The summed E-state index contributed by atoms with van der Waals surface area (Å²) in [6, 6.07) is -1.06. The molecule has 4 rings (SSSR count). The highest BCUT2D eigenvalue weighted by atomic mass is 16.6. The summed E-state index contributed by atoms with van der Waals surface area (Å²) in [4.78, 5) is 74.8. The number of carbonyl (C=O) groups is 6. The van der Waals surface area contributed by atoms with E-state index in [0.29, 0.717) is 37.5 Å². The summed E-state index contributed by atoms with van der Waals surface area (Å²) in [6.45, 7) is 8.60. The van der Waals surface area contributed by atoms with Crippen LogP contribution in [0.25, 0.3) is 0 Å². The molecule has 0 spiro atoms. The van der Waals surface area contributed by atoms with E-state index in [2.05, 4.69) is 12.2 Å². The number of carboxylic acid groups (broad SMARTS) is 1. The van der Waals surface area contributed by atoms with Crippen molar-refractivity contribution < 1.29 is 43.3 Å². The molecule has 10 nitrogen and oxygen atoms in total. The third-order valence-electron chi connectivity index (χ3n) is 11.6. The number of amides is 1. The van der Waals surface area contributed by atoms with Crippen LogP contribution in [-0.2, 0) is 38.2 Å². The maximum atomic E-state index is 13.9. The summed E-state index contributed by atoms with van der Waals surface area (Å²) in [7, 11) is 0. The zero-order valence-corrected chi connectivity index (χ0v) is 26.2. The normalized spacial score (nSPS) is 34.4. The SMILES string of the molecule is CC[C@H](C)[C@H](NC(=O)CCC(=O)OCC(=O)[C@@]1(OC(C)=O)CC[C@H]2[C@@H]3CCC4=CC(=O)CC[C@]4(C)[C@H]3CC[C@@]21C)C(=O)O. The number of ether oxygens (including phenoxy) is 2. The Labute approximate surface area is 253 Å². The highest BCUT2D eigenvalue weighted by molar-refractivity contribution is 5.94. The molecule has 0 heterocycles. The Balaban J connectivity index is 1.42. The molecule has 0 saturated heterocycles. The first-order chi connectivity index (χ1) is 20.2. The zero-order valence-electron chi connectivity index (χ0n) is 26.2. The van der Waals surface area contributed by atoms with Gasteiger partial charge in [0.1, 0.15) is 6.04 Å². The first-order valence-electron chi connectivity index (χ1n) is 15.8. The molecule has 238 valence electrons. The number of esters is 2. The maximum absolute atomic E-state index is 13.9. The number of fused-ring (bicyclic) bond motifs is 5. The smallest absolute Gasteiger partial charge is 0.326 e. The van der Waals surface area contributed by atoms with Crippen LogP contribution in [0.5, 0.6) is 0 Å². The van der Waals surface area contributed by atoms with E-state index in [1.807, 2.05) is 19.9 Å². The second-order valence-electron chi connectivity index (χ2n) is 13.7. The molecule has 4 aliphatic rings. The lowest BCUT2D eigenvalue weighted by molar-refractivity contribution is -0.191. The predicted octanol–water partition coefficient (Wildman–Crippen LogP) is 4.33. The Kier molecular flexibility index (Phi) is 9.57. The van der Waals surface area contributed by atoms with Crippen molar-refractivity contribution in [3.05, 3.63) is 11.6 Å². The minimum absolute atomic E-state index is 0.0320. The van der Waals surface area contributed by atoms with Gasteiger partial charge in [0.2, 0.25) is 11.7 Å². The van der Waals surface area contributed by atoms with Gasteiger partial charge in [0.25, 0.3) is 0 Å². The number of carbonyl (C=O) groups excluding carboxylic acids is 5. The summed E-state index contributed by atoms with van der Waals surface area (Å²) >= 11 is 0. The van der Waals surface area contributed by atoms with Gasteiger partial charge >= 0.3 is 17.9 Å². The van der Waals surface area contributed by atoms with Crippen molar-refractivity contribution in [2.24, 2.45) is 34.5 Å². The van der Waals surface area contributed by atoms with E-state index in [1.54, 1.807) is 6.92 Å². The average molecular weight is 602 g/mol. The van der Waals surface area contributed by atoms with Gasteiger partial charge in [0, 0.05) is 25.2 Å². The second-order valence-corrected chi connectivity index (χ2v) is 13.7. The van der Waals surface area contributed by atoms with Crippen molar-refractivity contribution in [3.8, 4) is 0 Å². The largest absolute Gasteiger partial charge is 0.480 e. The molecule has 0 aliphatic heterocycles. The van der Waals surface area contributed by atoms with Crippen molar-refractivity contribution in [2.45, 2.75) is 117 Å². The number of aliphatic carboxylic acids is 1. The Morgan fingerprint density at radius 1 is 1.02 bits per heavy atom. The molecule has 0 bridgehead atoms. The molecule has 10 heteroatoms. The average Bonchev–Trinajstić information content (AvgIpc) is 3.25. The first-order valence-corrected chi connectivity index (χ1v) is 15.8. The topological polar surface area (TPSA) is 153 Å². The van der Waals surface area contributed by atoms with E-state index in [1.165, 1.54) is 12.5 Å². The van der Waals surface area contributed by atoms with Gasteiger partial charge in [-0.25, -0.2) is 4.79 Å². The van der Waals surface area contributed by atoms with E-state index in [9.17, 15) is 33.9 Å². The van der Waals surface area contributed by atoms with E-state index < -0.39 is 53.3 Å². The van der Waals surface area contributed by atoms with Crippen LogP contribution in [0.4, 0.5) is 0 Å². The molecule has 0 radical (unpaired) electrons. The summed E-state index contributed by atoms with van der Waals surface area (Å²) in [6.07, 6.45) is 7.67. The lowest BCUT2D eigenvalue weighted by Crippen LogP contribution is -2.59. The van der Waals surface area contributed by atoms with Crippen LogP contribution in [0.3, 0.4) is 0 Å².